The van der Waals surface area contributed by atoms with E-state index >= 15 is 0 Å². The molecular weight excluding hydrogens is 248 g/mol. The van der Waals surface area contributed by atoms with Crippen LogP contribution in [0.5, 0.6) is 5.75 Å². The van der Waals surface area contributed by atoms with Crippen LogP contribution in [0.1, 0.15) is 0 Å². The lowest BCUT2D eigenvalue weighted by Gasteiger charge is -2.28. The molecule has 2 amide bonds. The van der Waals surface area contributed by atoms with Gasteiger partial charge in [0.15, 0.2) is 6.61 Å². The molecule has 0 radical (unpaired) electrons. The third-order valence-electron chi connectivity index (χ3n) is 2.59. The number of hydrogen-bond acceptors (Lipinski definition) is 5. The number of anilines is 2. The summed E-state index contributed by atoms with van der Waals surface area (Å²) in [6, 6.07) is 6.65. The maximum Gasteiger partial charge on any atom is 0.265 e. The van der Waals surface area contributed by atoms with Gasteiger partial charge in [-0.05, 0) is 12.1 Å². The second-order valence-electron chi connectivity index (χ2n) is 3.93. The molecule has 0 unspecified atom stereocenters. The summed E-state index contributed by atoms with van der Waals surface area (Å²) in [5, 5.41) is 10.8. The van der Waals surface area contributed by atoms with Crippen LogP contribution in [-0.2, 0) is 9.59 Å². The van der Waals surface area contributed by atoms with Gasteiger partial charge in [-0.15, -0.1) is 0 Å². The minimum atomic E-state index is -0.403. The molecule has 0 aromatic heterocycles. The maximum absolute atomic E-state index is 11.8. The highest BCUT2D eigenvalue weighted by Gasteiger charge is 2.27. The number of nitrogens with two attached hydrogens (primary N) is 1. The predicted octanol–water partition coefficient (Wildman–Crippen LogP) is -0.366. The predicted molar refractivity (Wildman–Crippen MR) is 67.3 cm³/mol. The van der Waals surface area contributed by atoms with E-state index in [1.165, 1.54) is 4.90 Å². The van der Waals surface area contributed by atoms with Crippen molar-refractivity contribution in [2.24, 2.45) is 0 Å². The molecule has 1 aliphatic heterocycles. The number of benzene rings is 1. The lowest BCUT2D eigenvalue weighted by Crippen LogP contribution is -2.45. The van der Waals surface area contributed by atoms with E-state index in [4.69, 9.17) is 15.7 Å². The quantitative estimate of drug-likeness (QED) is 0.569. The smallest absolute Gasteiger partial charge is 0.265 e. The fourth-order valence-electron chi connectivity index (χ4n) is 1.73. The highest BCUT2D eigenvalue weighted by atomic mass is 16.5. The number of fused-ring (bicyclic) bond motifs is 1. The van der Waals surface area contributed by atoms with E-state index in [1.807, 2.05) is 0 Å². The van der Waals surface area contributed by atoms with Crippen molar-refractivity contribution in [3.63, 3.8) is 0 Å². The molecule has 1 aliphatic rings. The van der Waals surface area contributed by atoms with Gasteiger partial charge in [0.05, 0.1) is 11.8 Å². The van der Waals surface area contributed by atoms with Crippen LogP contribution in [0, 0.1) is 11.3 Å². The van der Waals surface area contributed by atoms with E-state index in [2.05, 4.69) is 5.32 Å². The number of nitrogens with zero attached hydrogens (tertiary/aromatic N) is 2. The van der Waals surface area contributed by atoms with Crippen molar-refractivity contribution in [2.45, 2.75) is 0 Å². The number of ether oxygens (including phenoxy) is 1. The van der Waals surface area contributed by atoms with Gasteiger partial charge in [-0.1, -0.05) is 0 Å². The summed E-state index contributed by atoms with van der Waals surface area (Å²) in [5.41, 5.74) is 6.64. The Morgan fingerprint density at radius 2 is 2.37 bits per heavy atom. The molecule has 0 saturated heterocycles. The molecule has 0 saturated carbocycles. The highest BCUT2D eigenvalue weighted by molar-refractivity contribution is 6.02. The number of amides is 2. The van der Waals surface area contributed by atoms with Gasteiger partial charge < -0.3 is 15.8 Å². The number of nitriles is 1. The Hall–Kier alpha value is -2.75. The monoisotopic (exact) mass is 260 g/mol. The first-order valence-electron chi connectivity index (χ1n) is 5.58. The minimum absolute atomic E-state index is 0.0913. The Morgan fingerprint density at radius 3 is 3.11 bits per heavy atom. The van der Waals surface area contributed by atoms with E-state index in [-0.39, 0.29) is 25.6 Å². The standard InChI is InChI=1S/C12H12N4O3/c13-3-4-15-11(17)6-16-9-2-1-8(14)5-10(9)19-7-12(16)18/h1-2,5H,4,6-7,14H2,(H,15,17). The number of rotatable bonds is 3. The molecule has 2 rings (SSSR count). The van der Waals surface area contributed by atoms with Crippen molar-refractivity contribution < 1.29 is 14.3 Å². The van der Waals surface area contributed by atoms with Crippen molar-refractivity contribution in [3.8, 4) is 11.8 Å². The normalized spacial score (nSPS) is 13.2. The van der Waals surface area contributed by atoms with Gasteiger partial charge in [0.2, 0.25) is 5.91 Å². The summed E-state index contributed by atoms with van der Waals surface area (Å²) < 4.78 is 5.25. The summed E-state index contributed by atoms with van der Waals surface area (Å²) in [7, 11) is 0. The molecule has 7 heteroatoms. The third kappa shape index (κ3) is 2.74. The summed E-state index contributed by atoms with van der Waals surface area (Å²) in [5.74, 6) is -0.253. The van der Waals surface area contributed by atoms with Crippen LogP contribution in [-0.4, -0.2) is 31.5 Å². The van der Waals surface area contributed by atoms with Gasteiger partial charge in [0.1, 0.15) is 18.8 Å². The number of nitrogen functional groups attached to an aromatic ring is 1. The number of carbonyl (C=O) groups excluding carboxylic acids is 2. The Morgan fingerprint density at radius 1 is 1.58 bits per heavy atom. The van der Waals surface area contributed by atoms with Crippen molar-refractivity contribution in [1.29, 1.82) is 5.26 Å². The van der Waals surface area contributed by atoms with E-state index in [0.717, 1.165) is 0 Å². The first-order valence-corrected chi connectivity index (χ1v) is 5.58. The van der Waals surface area contributed by atoms with E-state index in [0.29, 0.717) is 17.1 Å². The molecule has 0 aliphatic carbocycles. The lowest BCUT2D eigenvalue weighted by atomic mass is 10.2. The van der Waals surface area contributed by atoms with E-state index < -0.39 is 5.91 Å². The maximum atomic E-state index is 11.8. The molecular formula is C12H12N4O3. The molecule has 1 aromatic rings. The fraction of sp³-hybridized carbons (Fsp3) is 0.250. The zero-order valence-corrected chi connectivity index (χ0v) is 10.0. The van der Waals surface area contributed by atoms with Crippen LogP contribution in [0.2, 0.25) is 0 Å². The van der Waals surface area contributed by atoms with Crippen molar-refractivity contribution >= 4 is 23.2 Å². The number of nitrogens with one attached hydrogen (secondary N) is 1. The van der Waals surface area contributed by atoms with Crippen LogP contribution in [0.25, 0.3) is 0 Å². The van der Waals surface area contributed by atoms with E-state index in [9.17, 15) is 9.59 Å². The van der Waals surface area contributed by atoms with Crippen molar-refractivity contribution in [2.75, 3.05) is 30.3 Å². The van der Waals surface area contributed by atoms with Gasteiger partial charge >= 0.3 is 0 Å². The fourth-order valence-corrected chi connectivity index (χ4v) is 1.73. The summed E-state index contributed by atoms with van der Waals surface area (Å²) in [6.07, 6.45) is 0. The minimum Gasteiger partial charge on any atom is -0.481 e. The van der Waals surface area contributed by atoms with E-state index in [1.54, 1.807) is 24.3 Å². The second-order valence-corrected chi connectivity index (χ2v) is 3.93. The summed E-state index contributed by atoms with van der Waals surface area (Å²) >= 11 is 0. The van der Waals surface area contributed by atoms with Gasteiger partial charge in [-0.2, -0.15) is 5.26 Å². The first kappa shape index (κ1) is 12.7. The molecule has 7 nitrogen and oxygen atoms in total. The van der Waals surface area contributed by atoms with Gasteiger partial charge in [-0.25, -0.2) is 0 Å². The first-order chi connectivity index (χ1) is 9.11. The summed E-state index contributed by atoms with van der Waals surface area (Å²) in [6.45, 7) is -0.380. The Kier molecular flexibility index (Phi) is 3.52. The molecule has 0 atom stereocenters. The zero-order chi connectivity index (χ0) is 13.8. The highest BCUT2D eigenvalue weighted by Crippen LogP contribution is 2.33. The molecule has 1 aromatic carbocycles. The van der Waals surface area contributed by atoms with Gasteiger partial charge in [-0.3, -0.25) is 14.5 Å². The van der Waals surface area contributed by atoms with Crippen LogP contribution < -0.4 is 20.7 Å². The lowest BCUT2D eigenvalue weighted by molar-refractivity contribution is -0.125. The van der Waals surface area contributed by atoms with Gasteiger partial charge in [0.25, 0.3) is 5.91 Å². The zero-order valence-electron chi connectivity index (χ0n) is 10.0. The molecule has 0 bridgehead atoms. The Bertz CT molecular complexity index is 565. The molecule has 0 fully saturated rings. The Balaban J connectivity index is 2.19. The summed E-state index contributed by atoms with van der Waals surface area (Å²) in [4.78, 5) is 24.7. The largest absolute Gasteiger partial charge is 0.481 e. The van der Waals surface area contributed by atoms with Crippen LogP contribution in [0.15, 0.2) is 18.2 Å². The van der Waals surface area contributed by atoms with Crippen LogP contribution in [0.4, 0.5) is 11.4 Å². The average molecular weight is 260 g/mol. The molecule has 3 N–H and O–H groups in total. The topological polar surface area (TPSA) is 108 Å². The molecule has 19 heavy (non-hydrogen) atoms. The molecule has 0 spiro atoms. The number of carbonyl (C=O) groups is 2. The van der Waals surface area contributed by atoms with Crippen molar-refractivity contribution in [3.05, 3.63) is 18.2 Å². The third-order valence-corrected chi connectivity index (χ3v) is 2.59. The van der Waals surface area contributed by atoms with Crippen LogP contribution in [0.3, 0.4) is 0 Å². The Labute approximate surface area is 109 Å². The second kappa shape index (κ2) is 5.27. The molecule has 98 valence electrons. The number of hydrogen-bond donors (Lipinski definition) is 2. The average Bonchev–Trinajstić information content (AvgIpc) is 2.39. The van der Waals surface area contributed by atoms with Crippen LogP contribution >= 0.6 is 0 Å². The van der Waals surface area contributed by atoms with Gasteiger partial charge in [0, 0.05) is 11.8 Å². The molecule has 1 heterocycles. The van der Waals surface area contributed by atoms with Crippen molar-refractivity contribution in [1.82, 2.24) is 5.32 Å². The SMILES string of the molecule is N#CCNC(=O)CN1C(=O)COc2cc(N)ccc21.